The van der Waals surface area contributed by atoms with Gasteiger partial charge in [0.15, 0.2) is 0 Å². The Morgan fingerprint density at radius 1 is 1.00 bits per heavy atom. The molecule has 2 amide bonds. The Balaban J connectivity index is 1.57. The standard InChI is InChI=1S/C21H22F3N3O3/c22-21(23,24)16-7-4-8-17(14-16)26-9-11-27(12-10-26)20(30)25-18(19(28)29)13-15-5-2-1-3-6-15/h1-8,14,18H,9-13H2,(H,25,30)(H,28,29)/t18-/m0/s1. The van der Waals surface area contributed by atoms with Crippen LogP contribution in [-0.4, -0.2) is 54.2 Å². The van der Waals surface area contributed by atoms with Crippen LogP contribution < -0.4 is 10.2 Å². The molecule has 1 atom stereocenters. The number of benzene rings is 2. The molecule has 1 fully saturated rings. The van der Waals surface area contributed by atoms with Crippen LogP contribution in [0.5, 0.6) is 0 Å². The first-order valence-corrected chi connectivity index (χ1v) is 9.48. The van der Waals surface area contributed by atoms with E-state index >= 15 is 0 Å². The number of carboxylic acid groups (broad SMARTS) is 1. The summed E-state index contributed by atoms with van der Waals surface area (Å²) >= 11 is 0. The highest BCUT2D eigenvalue weighted by atomic mass is 19.4. The lowest BCUT2D eigenvalue weighted by atomic mass is 10.1. The van der Waals surface area contributed by atoms with E-state index in [1.165, 1.54) is 11.0 Å². The van der Waals surface area contributed by atoms with Crippen molar-refractivity contribution in [3.05, 3.63) is 65.7 Å². The summed E-state index contributed by atoms with van der Waals surface area (Å²) in [6, 6.07) is 12.5. The molecule has 1 aliphatic heterocycles. The third-order valence-corrected chi connectivity index (χ3v) is 4.98. The number of halogens is 3. The smallest absolute Gasteiger partial charge is 0.416 e. The van der Waals surface area contributed by atoms with E-state index in [9.17, 15) is 27.9 Å². The molecular weight excluding hydrogens is 399 g/mol. The molecular formula is C21H22F3N3O3. The number of nitrogens with zero attached hydrogens (tertiary/aromatic N) is 2. The van der Waals surface area contributed by atoms with E-state index in [1.54, 1.807) is 35.2 Å². The summed E-state index contributed by atoms with van der Waals surface area (Å²) in [6.45, 7) is 1.26. The zero-order valence-electron chi connectivity index (χ0n) is 16.1. The van der Waals surface area contributed by atoms with Crippen LogP contribution in [-0.2, 0) is 17.4 Å². The van der Waals surface area contributed by atoms with Crippen LogP contribution in [0.2, 0.25) is 0 Å². The molecule has 0 aromatic heterocycles. The molecule has 0 unspecified atom stereocenters. The number of carbonyl (C=O) groups excluding carboxylic acids is 1. The third kappa shape index (κ3) is 5.43. The Hall–Kier alpha value is -3.23. The van der Waals surface area contributed by atoms with Crippen molar-refractivity contribution in [2.45, 2.75) is 18.6 Å². The highest BCUT2D eigenvalue weighted by molar-refractivity contribution is 5.83. The number of anilines is 1. The summed E-state index contributed by atoms with van der Waals surface area (Å²) in [5.74, 6) is -1.13. The van der Waals surface area contributed by atoms with Gasteiger partial charge in [0.1, 0.15) is 6.04 Å². The number of hydrogen-bond donors (Lipinski definition) is 2. The van der Waals surface area contributed by atoms with Crippen molar-refractivity contribution in [2.24, 2.45) is 0 Å². The molecule has 2 N–H and O–H groups in total. The van der Waals surface area contributed by atoms with E-state index in [4.69, 9.17) is 0 Å². The minimum atomic E-state index is -4.41. The molecule has 6 nitrogen and oxygen atoms in total. The highest BCUT2D eigenvalue weighted by Gasteiger charge is 2.31. The van der Waals surface area contributed by atoms with Gasteiger partial charge >= 0.3 is 18.2 Å². The van der Waals surface area contributed by atoms with E-state index in [1.807, 2.05) is 6.07 Å². The van der Waals surface area contributed by atoms with Crippen LogP contribution >= 0.6 is 0 Å². The summed E-state index contributed by atoms with van der Waals surface area (Å²) in [7, 11) is 0. The second-order valence-electron chi connectivity index (χ2n) is 7.05. The fourth-order valence-electron chi connectivity index (χ4n) is 3.34. The van der Waals surface area contributed by atoms with Crippen LogP contribution in [0.15, 0.2) is 54.6 Å². The fourth-order valence-corrected chi connectivity index (χ4v) is 3.34. The lowest BCUT2D eigenvalue weighted by Crippen LogP contribution is -2.55. The predicted octanol–water partition coefficient (Wildman–Crippen LogP) is 3.23. The van der Waals surface area contributed by atoms with Gasteiger partial charge in [-0.1, -0.05) is 36.4 Å². The predicted molar refractivity (Wildman–Crippen MR) is 105 cm³/mol. The number of alkyl halides is 3. The lowest BCUT2D eigenvalue weighted by Gasteiger charge is -2.36. The van der Waals surface area contributed by atoms with Crippen LogP contribution in [0.25, 0.3) is 0 Å². The average Bonchev–Trinajstić information content (AvgIpc) is 2.73. The van der Waals surface area contributed by atoms with Gasteiger partial charge in [-0.3, -0.25) is 0 Å². The average molecular weight is 421 g/mol. The van der Waals surface area contributed by atoms with Gasteiger partial charge in [0.25, 0.3) is 0 Å². The summed E-state index contributed by atoms with van der Waals surface area (Å²) < 4.78 is 38.8. The summed E-state index contributed by atoms with van der Waals surface area (Å²) in [6.07, 6.45) is -4.26. The molecule has 30 heavy (non-hydrogen) atoms. The maximum Gasteiger partial charge on any atom is 0.416 e. The fraction of sp³-hybridized carbons (Fsp3) is 0.333. The topological polar surface area (TPSA) is 72.9 Å². The molecule has 1 saturated heterocycles. The number of amides is 2. The number of hydrogen-bond acceptors (Lipinski definition) is 3. The molecule has 0 spiro atoms. The minimum absolute atomic E-state index is 0.159. The largest absolute Gasteiger partial charge is 0.480 e. The third-order valence-electron chi connectivity index (χ3n) is 4.98. The number of carbonyl (C=O) groups is 2. The molecule has 1 heterocycles. The Morgan fingerprint density at radius 2 is 1.67 bits per heavy atom. The van der Waals surface area contributed by atoms with Crippen molar-refractivity contribution in [1.29, 1.82) is 0 Å². The SMILES string of the molecule is O=C(O)[C@H](Cc1ccccc1)NC(=O)N1CCN(c2cccc(C(F)(F)F)c2)CC1. The van der Waals surface area contributed by atoms with Crippen LogP contribution in [0.3, 0.4) is 0 Å². The number of nitrogens with one attached hydrogen (secondary N) is 1. The van der Waals surface area contributed by atoms with Gasteiger partial charge < -0.3 is 20.2 Å². The molecule has 9 heteroatoms. The van der Waals surface area contributed by atoms with Crippen LogP contribution in [0, 0.1) is 0 Å². The lowest BCUT2D eigenvalue weighted by molar-refractivity contribution is -0.139. The second-order valence-corrected chi connectivity index (χ2v) is 7.05. The first-order valence-electron chi connectivity index (χ1n) is 9.48. The van der Waals surface area contributed by atoms with Crippen molar-refractivity contribution >= 4 is 17.7 Å². The van der Waals surface area contributed by atoms with Crippen molar-refractivity contribution in [3.8, 4) is 0 Å². The Morgan fingerprint density at radius 3 is 2.27 bits per heavy atom. The van der Waals surface area contributed by atoms with Gasteiger partial charge in [-0.25, -0.2) is 9.59 Å². The van der Waals surface area contributed by atoms with Crippen molar-refractivity contribution < 1.29 is 27.9 Å². The van der Waals surface area contributed by atoms with Crippen molar-refractivity contribution in [3.63, 3.8) is 0 Å². The van der Waals surface area contributed by atoms with E-state index in [2.05, 4.69) is 5.32 Å². The maximum atomic E-state index is 12.9. The van der Waals surface area contributed by atoms with Crippen LogP contribution in [0.4, 0.5) is 23.7 Å². The Kier molecular flexibility index (Phi) is 6.49. The monoisotopic (exact) mass is 421 g/mol. The number of carboxylic acids is 1. The molecule has 2 aromatic rings. The van der Waals surface area contributed by atoms with Gasteiger partial charge in [0.2, 0.25) is 0 Å². The first kappa shape index (κ1) is 21.5. The molecule has 0 aliphatic carbocycles. The zero-order chi connectivity index (χ0) is 21.7. The van der Waals surface area contributed by atoms with Gasteiger partial charge in [0.05, 0.1) is 5.56 Å². The van der Waals surface area contributed by atoms with Gasteiger partial charge in [-0.15, -0.1) is 0 Å². The summed E-state index contributed by atoms with van der Waals surface area (Å²) in [4.78, 5) is 27.3. The summed E-state index contributed by atoms with van der Waals surface area (Å²) in [5.41, 5.74) is 0.516. The van der Waals surface area contributed by atoms with Gasteiger partial charge in [-0.05, 0) is 23.8 Å². The quantitative estimate of drug-likeness (QED) is 0.778. The Bertz CT molecular complexity index is 882. The Labute approximate surface area is 171 Å². The van der Waals surface area contributed by atoms with E-state index < -0.39 is 29.8 Å². The molecule has 2 aromatic carbocycles. The minimum Gasteiger partial charge on any atom is -0.480 e. The zero-order valence-corrected chi connectivity index (χ0v) is 16.1. The van der Waals surface area contributed by atoms with E-state index in [0.717, 1.165) is 17.7 Å². The molecule has 1 aliphatic rings. The molecule has 160 valence electrons. The van der Waals surface area contributed by atoms with E-state index in [0.29, 0.717) is 18.8 Å². The highest BCUT2D eigenvalue weighted by Crippen LogP contribution is 2.31. The molecule has 0 radical (unpaired) electrons. The number of aliphatic carboxylic acids is 1. The second kappa shape index (κ2) is 9.06. The number of piperazine rings is 1. The molecule has 0 saturated carbocycles. The van der Waals surface area contributed by atoms with Gasteiger partial charge in [0, 0.05) is 38.3 Å². The van der Waals surface area contributed by atoms with Crippen LogP contribution in [0.1, 0.15) is 11.1 Å². The number of urea groups is 1. The molecule has 3 rings (SSSR count). The summed E-state index contributed by atoms with van der Waals surface area (Å²) in [5, 5.41) is 12.0. The number of rotatable bonds is 5. The maximum absolute atomic E-state index is 12.9. The van der Waals surface area contributed by atoms with Gasteiger partial charge in [-0.2, -0.15) is 13.2 Å². The van der Waals surface area contributed by atoms with E-state index in [-0.39, 0.29) is 19.5 Å². The van der Waals surface area contributed by atoms with Crippen molar-refractivity contribution in [1.82, 2.24) is 10.2 Å². The first-order chi connectivity index (χ1) is 14.2. The van der Waals surface area contributed by atoms with Crippen molar-refractivity contribution in [2.75, 3.05) is 31.1 Å². The molecule has 0 bridgehead atoms. The normalized spacial score (nSPS) is 15.6.